The molecule has 2 fully saturated rings. The number of hydrogen-bond donors (Lipinski definition) is 1. The number of rotatable bonds is 3. The highest BCUT2D eigenvalue weighted by molar-refractivity contribution is 6.36. The molecule has 0 aromatic heterocycles. The van der Waals surface area contributed by atoms with Crippen molar-refractivity contribution in [3.05, 3.63) is 57.6 Å². The third-order valence-electron chi connectivity index (χ3n) is 5.77. The standard InChI is InChI=1S/C22H21Cl2NO3/c1-4-11-5-6-12(14-8-7-13(23)10-16(14)24)9-15(11)17-19(26)18-21(20(17)27)28-25-22(18,2)3/h5-10,17-18,21,25H,4H2,1-3H3. The van der Waals surface area contributed by atoms with E-state index < -0.39 is 23.5 Å². The molecular formula is C22H21Cl2NO3. The number of hydrogen-bond acceptors (Lipinski definition) is 4. The summed E-state index contributed by atoms with van der Waals surface area (Å²) in [4.78, 5) is 31.8. The normalized spacial score (nSPS) is 26.0. The van der Waals surface area contributed by atoms with Crippen molar-refractivity contribution in [2.45, 2.75) is 44.8 Å². The lowest BCUT2D eigenvalue weighted by Crippen LogP contribution is -2.41. The summed E-state index contributed by atoms with van der Waals surface area (Å²) >= 11 is 12.4. The fourth-order valence-corrected chi connectivity index (χ4v) is 4.84. The molecule has 1 aliphatic heterocycles. The van der Waals surface area contributed by atoms with Gasteiger partial charge in [0.2, 0.25) is 0 Å². The zero-order chi connectivity index (χ0) is 20.2. The van der Waals surface area contributed by atoms with E-state index in [4.69, 9.17) is 28.0 Å². The van der Waals surface area contributed by atoms with Gasteiger partial charge in [-0.3, -0.25) is 14.4 Å². The second-order valence-corrected chi connectivity index (χ2v) is 8.81. The predicted molar refractivity (Wildman–Crippen MR) is 110 cm³/mol. The number of Topliss-reactive ketones (excluding diaryl/α,β-unsaturated/α-hetero) is 2. The average Bonchev–Trinajstić information content (AvgIpc) is 3.09. The van der Waals surface area contributed by atoms with E-state index in [9.17, 15) is 9.59 Å². The lowest BCUT2D eigenvalue weighted by molar-refractivity contribution is -0.131. The highest BCUT2D eigenvalue weighted by atomic mass is 35.5. The van der Waals surface area contributed by atoms with Gasteiger partial charge in [-0.05, 0) is 55.2 Å². The summed E-state index contributed by atoms with van der Waals surface area (Å²) in [6.07, 6.45) is -0.0150. The monoisotopic (exact) mass is 417 g/mol. The first-order chi connectivity index (χ1) is 13.2. The smallest absolute Gasteiger partial charge is 0.179 e. The van der Waals surface area contributed by atoms with Crippen LogP contribution in [0.15, 0.2) is 36.4 Å². The lowest BCUT2D eigenvalue weighted by atomic mass is 9.82. The first kappa shape index (κ1) is 19.6. The van der Waals surface area contributed by atoms with E-state index in [1.54, 1.807) is 12.1 Å². The Kier molecular flexibility index (Phi) is 4.87. The molecule has 2 aromatic carbocycles. The van der Waals surface area contributed by atoms with Crippen LogP contribution in [0.1, 0.15) is 37.8 Å². The number of nitrogens with one attached hydrogen (secondary N) is 1. The van der Waals surface area contributed by atoms with Crippen molar-refractivity contribution in [3.63, 3.8) is 0 Å². The average molecular weight is 418 g/mol. The Balaban J connectivity index is 1.81. The minimum atomic E-state index is -0.808. The largest absolute Gasteiger partial charge is 0.298 e. The number of hydroxylamine groups is 1. The van der Waals surface area contributed by atoms with E-state index in [1.165, 1.54) is 0 Å². The Morgan fingerprint density at radius 1 is 1.07 bits per heavy atom. The Morgan fingerprint density at radius 3 is 2.46 bits per heavy atom. The highest BCUT2D eigenvalue weighted by Gasteiger charge is 2.60. The van der Waals surface area contributed by atoms with Crippen molar-refractivity contribution in [2.75, 3.05) is 0 Å². The molecule has 1 heterocycles. The number of benzene rings is 2. The molecule has 2 aliphatic rings. The quantitative estimate of drug-likeness (QED) is 0.731. The van der Waals surface area contributed by atoms with Gasteiger partial charge in [-0.1, -0.05) is 48.3 Å². The third-order valence-corrected chi connectivity index (χ3v) is 6.31. The van der Waals surface area contributed by atoms with Gasteiger partial charge in [-0.15, -0.1) is 0 Å². The van der Waals surface area contributed by atoms with Crippen LogP contribution in [-0.4, -0.2) is 23.2 Å². The summed E-state index contributed by atoms with van der Waals surface area (Å²) in [6, 6.07) is 11.1. The van der Waals surface area contributed by atoms with Crippen molar-refractivity contribution in [1.29, 1.82) is 0 Å². The highest BCUT2D eigenvalue weighted by Crippen LogP contribution is 2.44. The third kappa shape index (κ3) is 3.00. The van der Waals surface area contributed by atoms with Gasteiger partial charge < -0.3 is 0 Å². The maximum Gasteiger partial charge on any atom is 0.179 e. The van der Waals surface area contributed by atoms with Crippen molar-refractivity contribution in [3.8, 4) is 11.1 Å². The van der Waals surface area contributed by atoms with Gasteiger partial charge in [-0.2, -0.15) is 5.48 Å². The Bertz CT molecular complexity index is 986. The Morgan fingerprint density at radius 2 is 1.82 bits per heavy atom. The fourth-order valence-electron chi connectivity index (χ4n) is 4.32. The zero-order valence-corrected chi connectivity index (χ0v) is 17.4. The molecule has 0 radical (unpaired) electrons. The summed E-state index contributed by atoms with van der Waals surface area (Å²) in [5.74, 6) is -1.56. The SMILES string of the molecule is CCc1ccc(-c2ccc(Cl)cc2Cl)cc1C1C(=O)C2ONC(C)(C)C2C1=O. The van der Waals surface area contributed by atoms with Crippen molar-refractivity contribution in [1.82, 2.24) is 5.48 Å². The number of carbonyl (C=O) groups excluding carboxylic acids is 2. The number of halogens is 2. The molecule has 1 saturated carbocycles. The van der Waals surface area contributed by atoms with Crippen LogP contribution in [-0.2, 0) is 20.8 Å². The van der Waals surface area contributed by atoms with Gasteiger partial charge in [0.25, 0.3) is 0 Å². The van der Waals surface area contributed by atoms with Crippen LogP contribution in [0.25, 0.3) is 11.1 Å². The molecule has 1 aliphatic carbocycles. The summed E-state index contributed by atoms with van der Waals surface area (Å²) in [6.45, 7) is 5.78. The number of aryl methyl sites for hydroxylation is 1. The maximum atomic E-state index is 13.3. The van der Waals surface area contributed by atoms with Gasteiger partial charge in [0.1, 0.15) is 12.0 Å². The van der Waals surface area contributed by atoms with Gasteiger partial charge >= 0.3 is 0 Å². The molecule has 1 saturated heterocycles. The molecule has 6 heteroatoms. The number of carbonyl (C=O) groups is 2. The lowest BCUT2D eigenvalue weighted by Gasteiger charge is -2.23. The van der Waals surface area contributed by atoms with E-state index in [1.807, 2.05) is 45.0 Å². The molecule has 0 spiro atoms. The van der Waals surface area contributed by atoms with Crippen LogP contribution < -0.4 is 5.48 Å². The Hall–Kier alpha value is -1.72. The van der Waals surface area contributed by atoms with E-state index in [2.05, 4.69) is 5.48 Å². The van der Waals surface area contributed by atoms with Crippen LogP contribution in [0, 0.1) is 5.92 Å². The van der Waals surface area contributed by atoms with Crippen molar-refractivity contribution in [2.24, 2.45) is 5.92 Å². The molecule has 4 rings (SSSR count). The van der Waals surface area contributed by atoms with E-state index in [-0.39, 0.29) is 11.6 Å². The number of fused-ring (bicyclic) bond motifs is 1. The second-order valence-electron chi connectivity index (χ2n) is 7.97. The van der Waals surface area contributed by atoms with Crippen LogP contribution in [0.3, 0.4) is 0 Å². The number of ketones is 2. The first-order valence-electron chi connectivity index (χ1n) is 9.33. The molecule has 28 heavy (non-hydrogen) atoms. The molecule has 3 unspecified atom stereocenters. The second kappa shape index (κ2) is 6.96. The summed E-state index contributed by atoms with van der Waals surface area (Å²) in [5, 5.41) is 1.08. The fraction of sp³-hybridized carbons (Fsp3) is 0.364. The van der Waals surface area contributed by atoms with Crippen LogP contribution in [0.2, 0.25) is 10.0 Å². The van der Waals surface area contributed by atoms with E-state index in [0.717, 1.165) is 28.7 Å². The predicted octanol–water partition coefficient (Wildman–Crippen LogP) is 4.76. The van der Waals surface area contributed by atoms with Gasteiger partial charge in [0.15, 0.2) is 11.6 Å². The molecule has 2 aromatic rings. The molecular weight excluding hydrogens is 397 g/mol. The maximum absolute atomic E-state index is 13.3. The van der Waals surface area contributed by atoms with Crippen LogP contribution >= 0.6 is 23.2 Å². The minimum absolute atomic E-state index is 0.0842. The van der Waals surface area contributed by atoms with Gasteiger partial charge in [-0.25, -0.2) is 0 Å². The first-order valence-corrected chi connectivity index (χ1v) is 10.1. The molecule has 0 amide bonds. The summed E-state index contributed by atoms with van der Waals surface area (Å²) < 4.78 is 0. The van der Waals surface area contributed by atoms with E-state index in [0.29, 0.717) is 10.0 Å². The van der Waals surface area contributed by atoms with Gasteiger partial charge in [0.05, 0.1) is 11.5 Å². The summed E-state index contributed by atoms with van der Waals surface area (Å²) in [7, 11) is 0. The van der Waals surface area contributed by atoms with E-state index >= 15 is 0 Å². The van der Waals surface area contributed by atoms with Crippen LogP contribution in [0.5, 0.6) is 0 Å². The minimum Gasteiger partial charge on any atom is -0.298 e. The summed E-state index contributed by atoms with van der Waals surface area (Å²) in [5.41, 5.74) is 5.65. The molecule has 146 valence electrons. The Labute approximate surface area is 174 Å². The molecule has 3 atom stereocenters. The van der Waals surface area contributed by atoms with Crippen molar-refractivity contribution < 1.29 is 14.4 Å². The molecule has 1 N–H and O–H groups in total. The van der Waals surface area contributed by atoms with Crippen LogP contribution in [0.4, 0.5) is 0 Å². The topological polar surface area (TPSA) is 55.4 Å². The zero-order valence-electron chi connectivity index (χ0n) is 15.9. The van der Waals surface area contributed by atoms with Gasteiger partial charge in [0, 0.05) is 15.6 Å². The van der Waals surface area contributed by atoms with Crippen molar-refractivity contribution >= 4 is 34.8 Å². The molecule has 4 nitrogen and oxygen atoms in total. The molecule has 0 bridgehead atoms.